The Bertz CT molecular complexity index is 1100. The first-order chi connectivity index (χ1) is 34.2. The van der Waals surface area contributed by atoms with Crippen molar-refractivity contribution in [1.82, 2.24) is 10.6 Å². The summed E-state index contributed by atoms with van der Waals surface area (Å²) in [5.41, 5.74) is 0. The van der Waals surface area contributed by atoms with Gasteiger partial charge in [0.15, 0.2) is 0 Å². The van der Waals surface area contributed by atoms with Crippen molar-refractivity contribution in [1.29, 1.82) is 0 Å². The van der Waals surface area contributed by atoms with Gasteiger partial charge in [-0.05, 0) is 116 Å². The zero-order valence-electron chi connectivity index (χ0n) is 45.8. The van der Waals surface area contributed by atoms with Gasteiger partial charge in [-0.15, -0.1) is 0 Å². The van der Waals surface area contributed by atoms with E-state index in [9.17, 15) is 19.2 Å². The van der Waals surface area contributed by atoms with E-state index in [0.717, 1.165) is 122 Å². The van der Waals surface area contributed by atoms with Crippen LogP contribution >= 0.6 is 0 Å². The molecule has 0 aromatic heterocycles. The van der Waals surface area contributed by atoms with E-state index in [1.807, 2.05) is 18.2 Å². The van der Waals surface area contributed by atoms with Crippen LogP contribution in [0.5, 0.6) is 0 Å². The summed E-state index contributed by atoms with van der Waals surface area (Å²) in [6, 6.07) is 0. The van der Waals surface area contributed by atoms with Gasteiger partial charge in [0.2, 0.25) is 0 Å². The van der Waals surface area contributed by atoms with Gasteiger partial charge in [0, 0.05) is 25.7 Å². The molecule has 0 rings (SSSR count). The molecule has 0 fully saturated rings. The summed E-state index contributed by atoms with van der Waals surface area (Å²) in [7, 11) is 0. The Hall–Kier alpha value is -3.02. The number of aliphatic carboxylic acids is 2. The Morgan fingerprint density at radius 2 is 0.614 bits per heavy atom. The summed E-state index contributed by atoms with van der Waals surface area (Å²) in [6.07, 6.45) is 54.3. The van der Waals surface area contributed by atoms with Crippen molar-refractivity contribution in [3.63, 3.8) is 0 Å². The Balaban J connectivity index is -0.00000120. The van der Waals surface area contributed by atoms with Crippen LogP contribution in [0.15, 0.2) is 36.5 Å². The fraction of sp³-hybridized carbons (Fsp3) is 0.831. The molecular weight excluding hydrogens is 881 g/mol. The van der Waals surface area contributed by atoms with E-state index < -0.39 is 11.9 Å². The number of unbranched alkanes of at least 4 members (excludes halogenated alkanes) is 28. The Morgan fingerprint density at radius 1 is 0.343 bits per heavy atom. The third-order valence-corrected chi connectivity index (χ3v) is 11.9. The number of hydrogen-bond acceptors (Lipinski definition) is 9. The number of esters is 2. The van der Waals surface area contributed by atoms with Gasteiger partial charge in [0.05, 0.1) is 6.61 Å². The van der Waals surface area contributed by atoms with Crippen LogP contribution in [0.4, 0.5) is 0 Å². The van der Waals surface area contributed by atoms with Crippen molar-refractivity contribution >= 4 is 23.9 Å². The number of rotatable bonds is 52. The number of nitrogens with one attached hydrogen (secondary N) is 2. The van der Waals surface area contributed by atoms with E-state index in [2.05, 4.69) is 49.6 Å². The quantitative estimate of drug-likeness (QED) is 0.0223. The topological polar surface area (TPSA) is 171 Å². The number of aliphatic hydroxyl groups is 1. The Labute approximate surface area is 430 Å². The molecule has 0 aliphatic rings. The molecule has 5 N–H and O–H groups in total. The van der Waals surface area contributed by atoms with E-state index in [1.165, 1.54) is 128 Å². The molecule has 0 amide bonds. The second-order valence-electron chi connectivity index (χ2n) is 18.9. The maximum absolute atomic E-state index is 11.8. The zero-order chi connectivity index (χ0) is 51.9. The number of carbonyl (C=O) groups is 4. The highest BCUT2D eigenvalue weighted by Crippen LogP contribution is 2.10. The molecule has 0 unspecified atom stereocenters. The van der Waals surface area contributed by atoms with Crippen LogP contribution in [0.25, 0.3) is 0 Å². The maximum atomic E-state index is 11.8. The van der Waals surface area contributed by atoms with Crippen molar-refractivity contribution in [3.8, 4) is 0 Å². The van der Waals surface area contributed by atoms with Crippen LogP contribution in [0, 0.1) is 0 Å². The predicted molar refractivity (Wildman–Crippen MR) is 295 cm³/mol. The van der Waals surface area contributed by atoms with Gasteiger partial charge in [-0.2, -0.15) is 0 Å². The fourth-order valence-electron chi connectivity index (χ4n) is 7.52. The maximum Gasteiger partial charge on any atom is 0.306 e. The number of aliphatic hydroxyl groups excluding tert-OH is 1. The van der Waals surface area contributed by atoms with Crippen molar-refractivity contribution < 1.29 is 44.0 Å². The van der Waals surface area contributed by atoms with E-state index in [0.29, 0.717) is 38.9 Å². The second kappa shape index (κ2) is 66.0. The molecule has 0 bridgehead atoms. The molecule has 0 spiro atoms. The monoisotopic (exact) mass is 993 g/mol. The first-order valence-electron chi connectivity index (χ1n) is 29.0. The minimum atomic E-state index is -0.695. The average molecular weight is 994 g/mol. The number of carboxylic acid groups (broad SMARTS) is 2. The van der Waals surface area contributed by atoms with Gasteiger partial charge in [0.1, 0.15) is 13.2 Å². The van der Waals surface area contributed by atoms with Gasteiger partial charge in [-0.3, -0.25) is 19.2 Å². The summed E-state index contributed by atoms with van der Waals surface area (Å²) in [5.74, 6) is -1.52. The van der Waals surface area contributed by atoms with Crippen LogP contribution in [-0.2, 0) is 28.7 Å². The minimum Gasteiger partial charge on any atom is -0.481 e. The lowest BCUT2D eigenvalue weighted by Gasteiger charge is -2.06. The van der Waals surface area contributed by atoms with Gasteiger partial charge < -0.3 is 35.4 Å². The number of carbonyl (C=O) groups excluding carboxylic acids is 2. The fourth-order valence-corrected chi connectivity index (χ4v) is 7.52. The summed E-state index contributed by atoms with van der Waals surface area (Å²) in [4.78, 5) is 44.2. The van der Waals surface area contributed by atoms with Crippen molar-refractivity contribution in [2.45, 2.75) is 271 Å². The SMILES string of the molecule is CCCCCC/C=C\CO.CCCCCC/C=C\COC(=O)CCCCCCCNCCCCCCCC(=O)OC/C=C\CCCCCC.O=C(O)CCCCCCCNCCCCCCCC(=O)O. The molecule has 0 aliphatic heterocycles. The van der Waals surface area contributed by atoms with Crippen molar-refractivity contribution in [2.75, 3.05) is 46.0 Å². The van der Waals surface area contributed by atoms with Crippen LogP contribution in [-0.4, -0.2) is 85.2 Å². The number of carboxylic acids is 2. The molecular formula is C59H112N2O9. The zero-order valence-corrected chi connectivity index (χ0v) is 45.8. The van der Waals surface area contributed by atoms with Crippen LogP contribution in [0.1, 0.15) is 271 Å². The van der Waals surface area contributed by atoms with Gasteiger partial charge in [0.25, 0.3) is 0 Å². The van der Waals surface area contributed by atoms with Crippen molar-refractivity contribution in [2.24, 2.45) is 0 Å². The standard InChI is InChI=1S/C34H63NO4.C16H31NO4.C9H18O/c1-3-5-7-9-11-19-25-31-38-33(36)27-21-15-13-17-23-29-35-30-24-18-14-16-22-28-34(37)39-32-26-20-12-10-8-6-4-2;18-15(19)11-7-3-1-5-9-13-17-14-10-6-2-4-8-12-16(20)21;1-2-3-4-5-6-7-8-9-10/h19-20,25-26,35H,3-18,21-24,27-32H2,1-2H3;17H,1-14H2,(H,18,19)(H,20,21);7-8,10H,2-6,9H2,1H3/b25-19-,26-20-;;8-7-. The van der Waals surface area contributed by atoms with E-state index >= 15 is 0 Å². The molecule has 0 aromatic rings. The molecule has 11 nitrogen and oxygen atoms in total. The molecule has 0 saturated heterocycles. The van der Waals surface area contributed by atoms with E-state index in [1.54, 1.807) is 0 Å². The number of hydrogen-bond donors (Lipinski definition) is 5. The highest BCUT2D eigenvalue weighted by Gasteiger charge is 2.03. The van der Waals surface area contributed by atoms with E-state index in [4.69, 9.17) is 24.8 Å². The number of ether oxygens (including phenoxy) is 2. The first-order valence-corrected chi connectivity index (χ1v) is 29.0. The van der Waals surface area contributed by atoms with Gasteiger partial charge in [-0.25, -0.2) is 0 Å². The number of allylic oxidation sites excluding steroid dienone is 3. The summed E-state index contributed by atoms with van der Waals surface area (Å²) >= 11 is 0. The van der Waals surface area contributed by atoms with Crippen LogP contribution in [0.3, 0.4) is 0 Å². The molecule has 0 atom stereocenters. The van der Waals surface area contributed by atoms with Gasteiger partial charge in [-0.1, -0.05) is 192 Å². The molecule has 0 saturated carbocycles. The first kappa shape index (κ1) is 71.2. The van der Waals surface area contributed by atoms with Crippen LogP contribution in [0.2, 0.25) is 0 Å². The molecule has 412 valence electrons. The smallest absolute Gasteiger partial charge is 0.306 e. The Kier molecular flexibility index (Phi) is 67.1. The summed E-state index contributed by atoms with van der Waals surface area (Å²) < 4.78 is 10.5. The highest BCUT2D eigenvalue weighted by molar-refractivity contribution is 5.69. The molecule has 0 aromatic carbocycles. The largest absolute Gasteiger partial charge is 0.481 e. The third kappa shape index (κ3) is 73.9. The lowest BCUT2D eigenvalue weighted by Crippen LogP contribution is -2.16. The third-order valence-electron chi connectivity index (χ3n) is 11.9. The lowest BCUT2D eigenvalue weighted by molar-refractivity contribution is -0.143. The molecule has 0 aliphatic carbocycles. The predicted octanol–water partition coefficient (Wildman–Crippen LogP) is 15.3. The van der Waals surface area contributed by atoms with E-state index in [-0.39, 0.29) is 18.5 Å². The molecule has 11 heteroatoms. The van der Waals surface area contributed by atoms with Gasteiger partial charge >= 0.3 is 23.9 Å². The minimum absolute atomic E-state index is 0.0662. The highest BCUT2D eigenvalue weighted by atomic mass is 16.5. The van der Waals surface area contributed by atoms with Crippen molar-refractivity contribution in [3.05, 3.63) is 36.5 Å². The Morgan fingerprint density at radius 3 is 0.914 bits per heavy atom. The molecule has 70 heavy (non-hydrogen) atoms. The normalized spacial score (nSPS) is 11.2. The lowest BCUT2D eigenvalue weighted by atomic mass is 10.1. The summed E-state index contributed by atoms with van der Waals surface area (Å²) in [6.45, 7) is 11.9. The summed E-state index contributed by atoms with van der Waals surface area (Å²) in [5, 5.41) is 32.3. The molecule has 0 radical (unpaired) electrons. The van der Waals surface area contributed by atoms with Crippen LogP contribution < -0.4 is 10.6 Å². The molecule has 0 heterocycles. The average Bonchev–Trinajstić information content (AvgIpc) is 3.34. The second-order valence-corrected chi connectivity index (χ2v) is 18.9.